The van der Waals surface area contributed by atoms with E-state index in [4.69, 9.17) is 9.84 Å². The molecule has 3 aromatic rings. The zero-order valence-electron chi connectivity index (χ0n) is 16.8. The van der Waals surface area contributed by atoms with Gasteiger partial charge in [-0.3, -0.25) is 4.79 Å². The van der Waals surface area contributed by atoms with E-state index in [2.05, 4.69) is 10.4 Å². The third kappa shape index (κ3) is 4.45. The van der Waals surface area contributed by atoms with Gasteiger partial charge in [-0.25, -0.2) is 9.48 Å². The van der Waals surface area contributed by atoms with E-state index in [1.807, 2.05) is 38.1 Å². The number of benzene rings is 2. The second kappa shape index (κ2) is 8.18. The Hall–Kier alpha value is -3.61. The molecule has 1 aromatic heterocycles. The van der Waals surface area contributed by atoms with Crippen LogP contribution in [-0.4, -0.2) is 26.8 Å². The maximum Gasteiger partial charge on any atom is 0.335 e. The average molecular weight is 393 g/mol. The lowest BCUT2D eigenvalue weighted by Crippen LogP contribution is -2.27. The van der Waals surface area contributed by atoms with Crippen molar-refractivity contribution in [3.63, 3.8) is 0 Å². The lowest BCUT2D eigenvalue weighted by Gasteiger charge is -2.15. The molecule has 0 fully saturated rings. The predicted molar refractivity (Wildman–Crippen MR) is 108 cm³/mol. The van der Waals surface area contributed by atoms with Gasteiger partial charge in [-0.05, 0) is 50.6 Å². The molecular weight excluding hydrogens is 370 g/mol. The topological polar surface area (TPSA) is 93.4 Å². The van der Waals surface area contributed by atoms with Crippen molar-refractivity contribution in [1.29, 1.82) is 0 Å². The summed E-state index contributed by atoms with van der Waals surface area (Å²) in [6, 6.07) is 13.6. The smallest absolute Gasteiger partial charge is 0.335 e. The van der Waals surface area contributed by atoms with Crippen molar-refractivity contribution in [2.75, 3.05) is 0 Å². The van der Waals surface area contributed by atoms with Crippen LogP contribution in [-0.2, 0) is 7.05 Å². The fraction of sp³-hybridized carbons (Fsp3) is 0.227. The number of hydrogen-bond acceptors (Lipinski definition) is 4. The number of carbonyl (C=O) groups is 2. The summed E-state index contributed by atoms with van der Waals surface area (Å²) in [6.07, 6.45) is 0. The first-order chi connectivity index (χ1) is 13.8. The van der Waals surface area contributed by atoms with E-state index >= 15 is 0 Å². The zero-order chi connectivity index (χ0) is 21.1. The minimum atomic E-state index is -0.989. The summed E-state index contributed by atoms with van der Waals surface area (Å²) in [6.45, 7) is 5.57. The highest BCUT2D eigenvalue weighted by Crippen LogP contribution is 2.28. The summed E-state index contributed by atoms with van der Waals surface area (Å²) >= 11 is 0. The van der Waals surface area contributed by atoms with Gasteiger partial charge in [0.05, 0.1) is 17.3 Å². The molecule has 0 saturated carbocycles. The molecule has 1 atom stereocenters. The molecule has 0 aliphatic heterocycles. The number of rotatable bonds is 6. The van der Waals surface area contributed by atoms with Crippen LogP contribution in [0.15, 0.2) is 48.5 Å². The maximum absolute atomic E-state index is 13.0. The van der Waals surface area contributed by atoms with Gasteiger partial charge in [0.25, 0.3) is 5.91 Å². The minimum Gasteiger partial charge on any atom is -0.478 e. The van der Waals surface area contributed by atoms with E-state index < -0.39 is 5.97 Å². The molecule has 29 heavy (non-hydrogen) atoms. The summed E-state index contributed by atoms with van der Waals surface area (Å²) in [7, 11) is 1.72. The van der Waals surface area contributed by atoms with Gasteiger partial charge < -0.3 is 15.2 Å². The summed E-state index contributed by atoms with van der Waals surface area (Å²) < 4.78 is 7.48. The van der Waals surface area contributed by atoms with Crippen LogP contribution in [0.4, 0.5) is 0 Å². The van der Waals surface area contributed by atoms with E-state index in [0.29, 0.717) is 22.9 Å². The summed E-state index contributed by atoms with van der Waals surface area (Å²) in [5.74, 6) is -0.327. The van der Waals surface area contributed by atoms with Crippen LogP contribution < -0.4 is 10.1 Å². The molecule has 2 N–H and O–H groups in total. The monoisotopic (exact) mass is 393 g/mol. The van der Waals surface area contributed by atoms with Crippen molar-refractivity contribution in [1.82, 2.24) is 15.1 Å². The molecule has 7 heteroatoms. The number of aromatic nitrogens is 2. The fourth-order valence-electron chi connectivity index (χ4n) is 3.00. The fourth-order valence-corrected chi connectivity index (χ4v) is 3.00. The first-order valence-corrected chi connectivity index (χ1v) is 9.18. The molecule has 0 spiro atoms. The Morgan fingerprint density at radius 3 is 2.28 bits per heavy atom. The van der Waals surface area contributed by atoms with Gasteiger partial charge in [-0.15, -0.1) is 0 Å². The van der Waals surface area contributed by atoms with Crippen LogP contribution in [0.2, 0.25) is 0 Å². The normalized spacial score (nSPS) is 11.7. The molecule has 2 aromatic carbocycles. The third-order valence-electron chi connectivity index (χ3n) is 4.64. The first-order valence-electron chi connectivity index (χ1n) is 9.18. The number of nitrogens with one attached hydrogen (secondary N) is 1. The molecule has 0 bridgehead atoms. The van der Waals surface area contributed by atoms with Gasteiger partial charge >= 0.3 is 5.97 Å². The molecule has 0 aliphatic rings. The number of amides is 1. The Kier molecular flexibility index (Phi) is 5.68. The minimum absolute atomic E-state index is 0.198. The summed E-state index contributed by atoms with van der Waals surface area (Å²) in [4.78, 5) is 24.0. The Morgan fingerprint density at radius 2 is 1.69 bits per heavy atom. The van der Waals surface area contributed by atoms with E-state index in [1.54, 1.807) is 26.1 Å². The third-order valence-corrected chi connectivity index (χ3v) is 4.64. The van der Waals surface area contributed by atoms with Crippen molar-refractivity contribution in [2.45, 2.75) is 26.8 Å². The highest BCUT2D eigenvalue weighted by atomic mass is 16.5. The molecule has 1 amide bonds. The Labute approximate surface area is 168 Å². The van der Waals surface area contributed by atoms with E-state index in [9.17, 15) is 9.59 Å². The lowest BCUT2D eigenvalue weighted by molar-refractivity contribution is 0.0696. The summed E-state index contributed by atoms with van der Waals surface area (Å²) in [5.41, 5.74) is 3.02. The molecule has 7 nitrogen and oxygen atoms in total. The first kappa shape index (κ1) is 20.1. The van der Waals surface area contributed by atoms with Crippen LogP contribution in [0, 0.1) is 13.8 Å². The number of aromatic carboxylic acids is 1. The van der Waals surface area contributed by atoms with E-state index in [0.717, 1.165) is 11.1 Å². The zero-order valence-corrected chi connectivity index (χ0v) is 16.8. The van der Waals surface area contributed by atoms with Crippen LogP contribution in [0.1, 0.15) is 50.5 Å². The largest absolute Gasteiger partial charge is 0.478 e. The van der Waals surface area contributed by atoms with Crippen molar-refractivity contribution in [3.05, 3.63) is 76.5 Å². The standard InChI is InChI=1S/C22H23N3O4/c1-13-5-11-18(12-6-13)29-21-19(15(3)24-25(21)4)20(26)23-14(2)16-7-9-17(10-8-16)22(27)28/h5-12,14H,1-4H3,(H,23,26)(H,27,28)/t14-/m0/s1. The van der Waals surface area contributed by atoms with Crippen LogP contribution in [0.3, 0.4) is 0 Å². The number of nitrogens with zero attached hydrogens (tertiary/aromatic N) is 2. The van der Waals surface area contributed by atoms with Gasteiger partial charge in [0.2, 0.25) is 5.88 Å². The van der Waals surface area contributed by atoms with Crippen molar-refractivity contribution < 1.29 is 19.4 Å². The number of carboxylic acids is 1. The van der Waals surface area contributed by atoms with Crippen molar-refractivity contribution in [2.24, 2.45) is 7.05 Å². The van der Waals surface area contributed by atoms with Crippen LogP contribution in [0.5, 0.6) is 11.6 Å². The SMILES string of the molecule is Cc1ccc(Oc2c(C(=O)N[C@@H](C)c3ccc(C(=O)O)cc3)c(C)nn2C)cc1. The number of carboxylic acid groups (broad SMARTS) is 1. The van der Waals surface area contributed by atoms with Gasteiger partial charge in [0.1, 0.15) is 11.3 Å². The van der Waals surface area contributed by atoms with Crippen molar-refractivity contribution >= 4 is 11.9 Å². The lowest BCUT2D eigenvalue weighted by atomic mass is 10.1. The quantitative estimate of drug-likeness (QED) is 0.660. The predicted octanol–water partition coefficient (Wildman–Crippen LogP) is 4.02. The number of ether oxygens (including phenoxy) is 1. The average Bonchev–Trinajstić information content (AvgIpc) is 2.96. The second-order valence-corrected chi connectivity index (χ2v) is 6.93. The van der Waals surface area contributed by atoms with Gasteiger partial charge in [0.15, 0.2) is 0 Å². The summed E-state index contributed by atoms with van der Waals surface area (Å²) in [5, 5.41) is 16.3. The van der Waals surface area contributed by atoms with Crippen molar-refractivity contribution in [3.8, 4) is 11.6 Å². The molecule has 1 heterocycles. The van der Waals surface area contributed by atoms with E-state index in [-0.39, 0.29) is 17.5 Å². The molecule has 0 aliphatic carbocycles. The molecule has 150 valence electrons. The van der Waals surface area contributed by atoms with Gasteiger partial charge in [-0.2, -0.15) is 5.10 Å². The number of hydrogen-bond donors (Lipinski definition) is 2. The van der Waals surface area contributed by atoms with E-state index in [1.165, 1.54) is 16.8 Å². The highest BCUT2D eigenvalue weighted by molar-refractivity contribution is 5.98. The Balaban J connectivity index is 1.81. The molecule has 3 rings (SSSR count). The Bertz CT molecular complexity index is 1040. The maximum atomic E-state index is 13.0. The van der Waals surface area contributed by atoms with Crippen LogP contribution in [0.25, 0.3) is 0 Å². The number of aryl methyl sites for hydroxylation is 3. The van der Waals surface area contributed by atoms with Gasteiger partial charge in [-0.1, -0.05) is 29.8 Å². The molecule has 0 unspecified atom stereocenters. The molecular formula is C22H23N3O4. The highest BCUT2D eigenvalue weighted by Gasteiger charge is 2.24. The number of carbonyl (C=O) groups excluding carboxylic acids is 1. The molecule has 0 saturated heterocycles. The van der Waals surface area contributed by atoms with Crippen LogP contribution >= 0.6 is 0 Å². The molecule has 0 radical (unpaired) electrons. The second-order valence-electron chi connectivity index (χ2n) is 6.93. The van der Waals surface area contributed by atoms with Gasteiger partial charge in [0, 0.05) is 7.05 Å². The Morgan fingerprint density at radius 1 is 1.07 bits per heavy atom.